The van der Waals surface area contributed by atoms with Crippen LogP contribution >= 0.6 is 0 Å². The number of fused-ring (bicyclic) bond motifs is 2. The van der Waals surface area contributed by atoms with Crippen molar-refractivity contribution in [3.8, 4) is 0 Å². The second-order valence-electron chi connectivity index (χ2n) is 8.93. The first kappa shape index (κ1) is 23.3. The van der Waals surface area contributed by atoms with Gasteiger partial charge in [-0.05, 0) is 58.8 Å². The predicted octanol–water partition coefficient (Wildman–Crippen LogP) is 2.79. The van der Waals surface area contributed by atoms with Crippen molar-refractivity contribution in [3.05, 3.63) is 0 Å². The molecule has 0 aromatic carbocycles. The summed E-state index contributed by atoms with van der Waals surface area (Å²) in [6.45, 7) is 19.0. The van der Waals surface area contributed by atoms with E-state index < -0.39 is 51.9 Å². The summed E-state index contributed by atoms with van der Waals surface area (Å²) in [5.41, 5.74) is 5.74. The lowest BCUT2D eigenvalue weighted by atomic mass is 10.5. The fourth-order valence-corrected chi connectivity index (χ4v) is 34.7. The fourth-order valence-electron chi connectivity index (χ4n) is 3.61. The molecule has 2 N–H and O–H groups in total. The van der Waals surface area contributed by atoms with Crippen molar-refractivity contribution < 1.29 is 28.8 Å². The van der Waals surface area contributed by atoms with Crippen LogP contribution in [0, 0.1) is 0 Å². The monoisotopic (exact) mass is 473 g/mol. The van der Waals surface area contributed by atoms with Gasteiger partial charge in [0.25, 0.3) is 0 Å². The third kappa shape index (κ3) is 6.24. The lowest BCUT2D eigenvalue weighted by molar-refractivity contribution is 0.0448. The standard InChI is InChI=1S/C12H35NO7Si6/c1-21(2,3)14-22(4,5)15-24(8)18-25(9)16-23(6,7)17-26(19-24,20-25)12-10-11-13/h10-13H2,1-9H3. The Labute approximate surface area is 164 Å². The summed E-state index contributed by atoms with van der Waals surface area (Å²) in [6, 6.07) is 0.665. The molecule has 3 atom stereocenters. The molecule has 154 valence electrons. The maximum atomic E-state index is 6.48. The molecular weight excluding hydrogens is 439 g/mol. The van der Waals surface area contributed by atoms with E-state index in [0.717, 1.165) is 6.42 Å². The number of nitrogens with two attached hydrogens (primary N) is 1. The van der Waals surface area contributed by atoms with Crippen LogP contribution < -0.4 is 5.73 Å². The van der Waals surface area contributed by atoms with Crippen molar-refractivity contribution >= 4 is 51.9 Å². The van der Waals surface area contributed by atoms with E-state index >= 15 is 0 Å². The predicted molar refractivity (Wildman–Crippen MR) is 113 cm³/mol. The zero-order valence-electron chi connectivity index (χ0n) is 17.6. The maximum Gasteiger partial charge on any atom is 0.477 e. The highest BCUT2D eigenvalue weighted by molar-refractivity contribution is 6.98. The second-order valence-corrected chi connectivity index (χ2v) is 29.8. The van der Waals surface area contributed by atoms with Crippen LogP contribution in [0.2, 0.25) is 65.0 Å². The van der Waals surface area contributed by atoms with E-state index in [-0.39, 0.29) is 0 Å². The summed E-state index contributed by atoms with van der Waals surface area (Å²) in [6.07, 6.45) is 0.776. The average molecular weight is 474 g/mol. The second kappa shape index (κ2) is 7.35. The summed E-state index contributed by atoms with van der Waals surface area (Å²) in [5.74, 6) is 0. The minimum atomic E-state index is -3.04. The van der Waals surface area contributed by atoms with Crippen molar-refractivity contribution in [1.82, 2.24) is 0 Å². The van der Waals surface area contributed by atoms with E-state index in [0.29, 0.717) is 12.6 Å². The van der Waals surface area contributed by atoms with E-state index in [1.54, 1.807) is 0 Å². The Balaban J connectivity index is 2.28. The third-order valence-corrected chi connectivity index (χ3v) is 27.5. The first-order valence-corrected chi connectivity index (χ1v) is 24.5. The van der Waals surface area contributed by atoms with Gasteiger partial charge in [-0.1, -0.05) is 0 Å². The molecule has 14 heteroatoms. The largest absolute Gasteiger partial charge is 0.477 e. The molecule has 0 aromatic heterocycles. The molecule has 0 spiro atoms. The van der Waals surface area contributed by atoms with Crippen molar-refractivity contribution in [2.45, 2.75) is 71.4 Å². The summed E-state index contributed by atoms with van der Waals surface area (Å²) in [7, 11) is -15.4. The quantitative estimate of drug-likeness (QED) is 0.564. The third-order valence-electron chi connectivity index (χ3n) is 3.56. The minimum Gasteiger partial charge on any atom is -0.437 e. The van der Waals surface area contributed by atoms with Crippen LogP contribution in [0.25, 0.3) is 0 Å². The lowest BCUT2D eigenvalue weighted by Crippen LogP contribution is -2.79. The summed E-state index contributed by atoms with van der Waals surface area (Å²) < 4.78 is 44.5. The van der Waals surface area contributed by atoms with Crippen molar-refractivity contribution in [2.75, 3.05) is 6.54 Å². The molecule has 2 bridgehead atoms. The van der Waals surface area contributed by atoms with E-state index in [9.17, 15) is 0 Å². The maximum absolute atomic E-state index is 6.48. The fraction of sp³-hybridized carbons (Fsp3) is 1.00. The first-order chi connectivity index (χ1) is 11.5. The van der Waals surface area contributed by atoms with E-state index in [2.05, 4.69) is 19.6 Å². The Bertz CT molecular complexity index is 531. The summed E-state index contributed by atoms with van der Waals surface area (Å²) in [4.78, 5) is 0. The molecule has 0 radical (unpaired) electrons. The van der Waals surface area contributed by atoms with Crippen LogP contribution in [0.15, 0.2) is 0 Å². The smallest absolute Gasteiger partial charge is 0.437 e. The Kier molecular flexibility index (Phi) is 6.57. The number of hydrogen-bond donors (Lipinski definition) is 1. The molecule has 0 amide bonds. The van der Waals surface area contributed by atoms with E-state index in [1.165, 1.54) is 0 Å². The summed E-state index contributed by atoms with van der Waals surface area (Å²) >= 11 is 0. The van der Waals surface area contributed by atoms with Gasteiger partial charge in [0, 0.05) is 19.1 Å². The summed E-state index contributed by atoms with van der Waals surface area (Å²) in [5, 5.41) is 0. The Morgan fingerprint density at radius 3 is 2.00 bits per heavy atom. The van der Waals surface area contributed by atoms with Gasteiger partial charge in [0.2, 0.25) is 0 Å². The zero-order chi connectivity index (χ0) is 20.1. The van der Waals surface area contributed by atoms with E-state index in [1.807, 2.05) is 39.3 Å². The molecule has 0 aromatic rings. The van der Waals surface area contributed by atoms with Gasteiger partial charge in [0.1, 0.15) is 0 Å². The van der Waals surface area contributed by atoms with Gasteiger partial charge < -0.3 is 34.5 Å². The molecule has 2 rings (SSSR count). The normalized spacial score (nSPS) is 37.6. The van der Waals surface area contributed by atoms with Gasteiger partial charge in [0.15, 0.2) is 8.32 Å². The van der Waals surface area contributed by atoms with Crippen LogP contribution in [-0.2, 0) is 28.8 Å². The van der Waals surface area contributed by atoms with Crippen molar-refractivity contribution in [3.63, 3.8) is 0 Å². The van der Waals surface area contributed by atoms with Crippen LogP contribution in [-0.4, -0.2) is 58.4 Å². The average Bonchev–Trinajstić information content (AvgIpc) is 2.26. The van der Waals surface area contributed by atoms with Crippen molar-refractivity contribution in [2.24, 2.45) is 5.73 Å². The molecular formula is C12H35NO7Si6. The molecule has 2 heterocycles. The molecule has 8 nitrogen and oxygen atoms in total. The van der Waals surface area contributed by atoms with Crippen LogP contribution in [0.1, 0.15) is 6.42 Å². The van der Waals surface area contributed by atoms with Gasteiger partial charge in [-0.2, -0.15) is 0 Å². The molecule has 2 saturated heterocycles. The van der Waals surface area contributed by atoms with Gasteiger partial charge in [-0.3, -0.25) is 0 Å². The molecule has 0 saturated carbocycles. The highest BCUT2D eigenvalue weighted by Gasteiger charge is 2.70. The van der Waals surface area contributed by atoms with Gasteiger partial charge in [0.05, 0.1) is 0 Å². The SMILES string of the molecule is C[Si](C)(C)O[Si](C)(C)O[Si]1(C)O[Si]2(C)O[Si](C)(C)O[Si](CCCN)(O1)O2. The van der Waals surface area contributed by atoms with Crippen LogP contribution in [0.5, 0.6) is 0 Å². The zero-order valence-corrected chi connectivity index (χ0v) is 23.6. The van der Waals surface area contributed by atoms with Crippen LogP contribution in [0.3, 0.4) is 0 Å². The Morgan fingerprint density at radius 2 is 1.46 bits per heavy atom. The molecule has 3 unspecified atom stereocenters. The Morgan fingerprint density at radius 1 is 0.846 bits per heavy atom. The minimum absolute atomic E-state index is 0.560. The lowest BCUT2D eigenvalue weighted by Gasteiger charge is -2.56. The van der Waals surface area contributed by atoms with Gasteiger partial charge >= 0.3 is 43.5 Å². The number of hydrogen-bond acceptors (Lipinski definition) is 8. The first-order valence-electron chi connectivity index (χ1n) is 9.12. The van der Waals surface area contributed by atoms with Crippen LogP contribution in [0.4, 0.5) is 0 Å². The Hall–Kier alpha value is 0.981. The molecule has 2 aliphatic rings. The highest BCUT2D eigenvalue weighted by atomic mass is 28.6. The highest BCUT2D eigenvalue weighted by Crippen LogP contribution is 2.43. The molecule has 2 fully saturated rings. The van der Waals surface area contributed by atoms with Gasteiger partial charge in [-0.15, -0.1) is 0 Å². The van der Waals surface area contributed by atoms with E-state index in [4.69, 9.17) is 34.5 Å². The molecule has 26 heavy (non-hydrogen) atoms. The molecule has 0 aliphatic carbocycles. The number of rotatable bonds is 7. The molecule has 2 aliphatic heterocycles. The topological polar surface area (TPSA) is 90.6 Å². The van der Waals surface area contributed by atoms with Crippen molar-refractivity contribution in [1.29, 1.82) is 0 Å². The van der Waals surface area contributed by atoms with Gasteiger partial charge in [-0.25, -0.2) is 0 Å².